The summed E-state index contributed by atoms with van der Waals surface area (Å²) >= 11 is 0. The van der Waals surface area contributed by atoms with Gasteiger partial charge in [-0.05, 0) is 120 Å². The van der Waals surface area contributed by atoms with E-state index in [9.17, 15) is 0 Å². The van der Waals surface area contributed by atoms with E-state index in [1.807, 2.05) is 0 Å². The van der Waals surface area contributed by atoms with E-state index in [2.05, 4.69) is 214 Å². The second-order valence-electron chi connectivity index (χ2n) is 16.5. The Kier molecular flexibility index (Phi) is 7.43. The molecule has 0 saturated carbocycles. The molecule has 2 aliphatic carbocycles. The molecule has 0 amide bonds. The third-order valence-corrected chi connectivity index (χ3v) is 13.0. The van der Waals surface area contributed by atoms with Crippen LogP contribution in [0.1, 0.15) is 71.3 Å². The maximum absolute atomic E-state index is 5.40. The molecular weight excluding hydrogens is 689 g/mol. The maximum Gasteiger partial charge on any atom is 0.133 e. The van der Waals surface area contributed by atoms with Gasteiger partial charge >= 0.3 is 0 Å². The van der Waals surface area contributed by atoms with Gasteiger partial charge in [0.1, 0.15) is 5.84 Å². The Labute approximate surface area is 334 Å². The number of nitrogens with one attached hydrogen (secondary N) is 1. The molecule has 2 heteroatoms. The Balaban J connectivity index is 1.03. The van der Waals surface area contributed by atoms with Gasteiger partial charge in [0, 0.05) is 22.1 Å². The van der Waals surface area contributed by atoms with Gasteiger partial charge in [-0.1, -0.05) is 172 Å². The van der Waals surface area contributed by atoms with Gasteiger partial charge in [-0.2, -0.15) is 0 Å². The van der Waals surface area contributed by atoms with Crippen molar-refractivity contribution in [2.24, 2.45) is 4.99 Å². The highest BCUT2D eigenvalue weighted by Gasteiger charge is 2.41. The van der Waals surface area contributed by atoms with Crippen molar-refractivity contribution in [3.8, 4) is 33.4 Å². The van der Waals surface area contributed by atoms with Crippen LogP contribution in [0.4, 0.5) is 0 Å². The number of hydrogen-bond donors (Lipinski definition) is 1. The summed E-state index contributed by atoms with van der Waals surface area (Å²) in [5.74, 6) is 0.877. The summed E-state index contributed by atoms with van der Waals surface area (Å²) in [7, 11) is 0. The number of aliphatic imine (C=N–C) groups is 1. The van der Waals surface area contributed by atoms with Crippen molar-refractivity contribution in [3.05, 3.63) is 233 Å². The third-order valence-electron chi connectivity index (χ3n) is 13.0. The summed E-state index contributed by atoms with van der Waals surface area (Å²) in [6.45, 7) is 7.11. The molecule has 0 saturated heterocycles. The van der Waals surface area contributed by atoms with Crippen LogP contribution in [0.5, 0.6) is 0 Å². The lowest BCUT2D eigenvalue weighted by molar-refractivity contribution is 0.661. The molecule has 1 aliphatic heterocycles. The van der Waals surface area contributed by atoms with Crippen LogP contribution in [-0.4, -0.2) is 5.84 Å². The lowest BCUT2D eigenvalue weighted by Gasteiger charge is -2.28. The summed E-state index contributed by atoms with van der Waals surface area (Å²) in [4.78, 5) is 5.40. The first kappa shape index (κ1) is 33.6. The molecule has 57 heavy (non-hydrogen) atoms. The molecule has 0 radical (unpaired) electrons. The monoisotopic (exact) mass is 730 g/mol. The van der Waals surface area contributed by atoms with Gasteiger partial charge in [0.05, 0.1) is 6.04 Å². The number of benzene rings is 8. The Bertz CT molecular complexity index is 2970. The zero-order valence-electron chi connectivity index (χ0n) is 32.4. The van der Waals surface area contributed by atoms with E-state index in [0.717, 1.165) is 22.7 Å². The number of hydrogen-bond acceptors (Lipinski definition) is 2. The highest BCUT2D eigenvalue weighted by atomic mass is 15.0. The first-order valence-electron chi connectivity index (χ1n) is 20.1. The topological polar surface area (TPSA) is 24.4 Å². The van der Waals surface area contributed by atoms with Crippen molar-refractivity contribution in [1.29, 1.82) is 0 Å². The van der Waals surface area contributed by atoms with E-state index in [0.29, 0.717) is 0 Å². The summed E-state index contributed by atoms with van der Waals surface area (Å²) < 4.78 is 0. The number of nitrogens with zero attached hydrogens (tertiary/aromatic N) is 1. The zero-order valence-corrected chi connectivity index (χ0v) is 32.4. The predicted molar refractivity (Wildman–Crippen MR) is 238 cm³/mol. The maximum atomic E-state index is 5.40. The Morgan fingerprint density at radius 1 is 0.456 bits per heavy atom. The molecule has 272 valence electrons. The van der Waals surface area contributed by atoms with E-state index < -0.39 is 0 Å². The van der Waals surface area contributed by atoms with Gasteiger partial charge in [-0.3, -0.25) is 4.99 Å². The second kappa shape index (κ2) is 12.6. The SMILES string of the molecule is CC1(C)c2cc3ccccc3cc2-c2c(-c3cccc(C4=CC(c5ccc6c(c5)-c5ccccc5C6(C)c5ccccc5)N=C(c5ccccc5)N4)c3)cccc21. The van der Waals surface area contributed by atoms with Crippen LogP contribution in [0.25, 0.3) is 49.9 Å². The molecular formula is C55H42N2. The van der Waals surface area contributed by atoms with Crippen LogP contribution in [-0.2, 0) is 10.8 Å². The van der Waals surface area contributed by atoms with Crippen molar-refractivity contribution in [3.63, 3.8) is 0 Å². The molecule has 1 heterocycles. The van der Waals surface area contributed by atoms with Crippen LogP contribution >= 0.6 is 0 Å². The van der Waals surface area contributed by atoms with Crippen molar-refractivity contribution < 1.29 is 0 Å². The smallest absolute Gasteiger partial charge is 0.133 e. The molecule has 0 spiro atoms. The van der Waals surface area contributed by atoms with E-state index >= 15 is 0 Å². The van der Waals surface area contributed by atoms with Crippen molar-refractivity contribution in [2.45, 2.75) is 37.6 Å². The van der Waals surface area contributed by atoms with Gasteiger partial charge in [-0.15, -0.1) is 0 Å². The van der Waals surface area contributed by atoms with E-state index in [1.165, 1.54) is 77.5 Å². The van der Waals surface area contributed by atoms with Crippen LogP contribution in [0.15, 0.2) is 193 Å². The third kappa shape index (κ3) is 5.14. The average Bonchev–Trinajstić information content (AvgIpc) is 3.66. The van der Waals surface area contributed by atoms with E-state index in [4.69, 9.17) is 4.99 Å². The lowest BCUT2D eigenvalue weighted by Crippen LogP contribution is -2.27. The fourth-order valence-corrected chi connectivity index (χ4v) is 9.97. The van der Waals surface area contributed by atoms with Gasteiger partial charge in [0.2, 0.25) is 0 Å². The quantitative estimate of drug-likeness (QED) is 0.187. The van der Waals surface area contributed by atoms with Gasteiger partial charge in [0.25, 0.3) is 0 Å². The van der Waals surface area contributed by atoms with E-state index in [-0.39, 0.29) is 16.9 Å². The molecule has 11 rings (SSSR count). The molecule has 2 nitrogen and oxygen atoms in total. The van der Waals surface area contributed by atoms with E-state index in [1.54, 1.807) is 0 Å². The molecule has 8 aromatic rings. The highest BCUT2D eigenvalue weighted by molar-refractivity contribution is 6.05. The van der Waals surface area contributed by atoms with Crippen molar-refractivity contribution in [1.82, 2.24) is 5.32 Å². The number of amidine groups is 1. The van der Waals surface area contributed by atoms with Crippen molar-refractivity contribution >= 4 is 22.3 Å². The summed E-state index contributed by atoms with van der Waals surface area (Å²) in [6, 6.07) is 66.7. The summed E-state index contributed by atoms with van der Waals surface area (Å²) in [5.41, 5.74) is 18.6. The second-order valence-corrected chi connectivity index (χ2v) is 16.5. The molecule has 1 N–H and O–H groups in total. The predicted octanol–water partition coefficient (Wildman–Crippen LogP) is 13.3. The minimum absolute atomic E-state index is 0.0983. The van der Waals surface area contributed by atoms with Crippen molar-refractivity contribution in [2.75, 3.05) is 0 Å². The summed E-state index contributed by atoms with van der Waals surface area (Å²) in [5, 5.41) is 6.35. The molecule has 0 aromatic heterocycles. The Morgan fingerprint density at radius 3 is 1.91 bits per heavy atom. The average molecular weight is 731 g/mol. The first-order valence-corrected chi connectivity index (χ1v) is 20.1. The normalized spacial score (nSPS) is 18.5. The fraction of sp³-hybridized carbons (Fsp3) is 0.109. The van der Waals surface area contributed by atoms with Crippen LogP contribution in [0.2, 0.25) is 0 Å². The molecule has 2 atom stereocenters. The molecule has 0 bridgehead atoms. The van der Waals surface area contributed by atoms with Crippen LogP contribution in [0.3, 0.4) is 0 Å². The zero-order chi connectivity index (χ0) is 38.3. The van der Waals surface area contributed by atoms with Crippen LogP contribution < -0.4 is 5.32 Å². The lowest BCUT2D eigenvalue weighted by atomic mass is 9.74. The minimum atomic E-state index is -0.236. The van der Waals surface area contributed by atoms with Gasteiger partial charge < -0.3 is 5.32 Å². The molecule has 8 aromatic carbocycles. The highest BCUT2D eigenvalue weighted by Crippen LogP contribution is 2.54. The fourth-order valence-electron chi connectivity index (χ4n) is 9.97. The standard InChI is InChI=1S/C55H42N2/c1-54(2)48-27-15-25-42(52(48)45-31-36-18-10-11-19-37(36)33-49(45)54)38-20-14-21-39(30-38)50-34-51(57-53(56-50)35-16-6-4-7-17-35)40-28-29-47-44(32-40)43-24-12-13-26-46(43)55(47,3)41-22-8-5-9-23-41/h4-34,51H,1-3H3,(H,56,57). The largest absolute Gasteiger partial charge is 0.340 e. The first-order chi connectivity index (χ1) is 27.9. The molecule has 2 unspecified atom stereocenters. The Hall–Kier alpha value is -6.77. The minimum Gasteiger partial charge on any atom is -0.340 e. The molecule has 0 fully saturated rings. The number of fused-ring (bicyclic) bond motifs is 7. The van der Waals surface area contributed by atoms with Gasteiger partial charge in [0.15, 0.2) is 0 Å². The summed E-state index contributed by atoms with van der Waals surface area (Å²) in [6.07, 6.45) is 2.31. The number of rotatable bonds is 5. The van der Waals surface area contributed by atoms with Crippen LogP contribution in [0, 0.1) is 0 Å². The molecule has 3 aliphatic rings. The Morgan fingerprint density at radius 2 is 1.09 bits per heavy atom. The van der Waals surface area contributed by atoms with Gasteiger partial charge in [-0.25, -0.2) is 0 Å².